The predicted octanol–water partition coefficient (Wildman–Crippen LogP) is 5.30. The average Bonchev–Trinajstić information content (AvgIpc) is 3.10. The normalized spacial score (nSPS) is 10.9. The van der Waals surface area contributed by atoms with Crippen molar-refractivity contribution in [2.75, 3.05) is 7.11 Å². The molecule has 2 aromatic carbocycles. The molecule has 0 fully saturated rings. The number of imidazole rings is 1. The molecule has 0 bridgehead atoms. The van der Waals surface area contributed by atoms with E-state index in [-0.39, 0.29) is 0 Å². The van der Waals surface area contributed by atoms with Gasteiger partial charge in [0.25, 0.3) is 0 Å². The van der Waals surface area contributed by atoms with Gasteiger partial charge in [0, 0.05) is 30.6 Å². The first-order valence-corrected chi connectivity index (χ1v) is 8.98. The van der Waals surface area contributed by atoms with E-state index in [0.29, 0.717) is 17.3 Å². The smallest absolute Gasteiger partial charge is 0.163 e. The van der Waals surface area contributed by atoms with Gasteiger partial charge in [-0.25, -0.2) is 9.98 Å². The molecule has 4 aromatic rings. The molecule has 0 saturated carbocycles. The lowest BCUT2D eigenvalue weighted by Crippen LogP contribution is -2.02. The van der Waals surface area contributed by atoms with Gasteiger partial charge in [-0.1, -0.05) is 72.3 Å². The molecule has 134 valence electrons. The minimum Gasteiger partial charge on any atom is -0.378 e. The van der Waals surface area contributed by atoms with Gasteiger partial charge in [-0.2, -0.15) is 0 Å². The highest BCUT2D eigenvalue weighted by atomic mass is 35.5. The summed E-state index contributed by atoms with van der Waals surface area (Å²) in [5.74, 6) is 0. The van der Waals surface area contributed by atoms with Crippen LogP contribution in [0.2, 0.25) is 5.02 Å². The SMILES string of the molecule is COCc1cn2cc(Cl)cc(N=C(c3ccccc3)c3ccccc3)c2n1. The largest absolute Gasteiger partial charge is 0.378 e. The maximum atomic E-state index is 6.34. The molecule has 4 rings (SSSR count). The second-order valence-corrected chi connectivity index (χ2v) is 6.57. The van der Waals surface area contributed by atoms with Crippen molar-refractivity contribution in [2.45, 2.75) is 6.61 Å². The molecule has 0 amide bonds. The number of rotatable bonds is 5. The van der Waals surface area contributed by atoms with Crippen LogP contribution in [0.5, 0.6) is 0 Å². The topological polar surface area (TPSA) is 38.9 Å². The van der Waals surface area contributed by atoms with Gasteiger partial charge in [-0.05, 0) is 6.07 Å². The van der Waals surface area contributed by atoms with E-state index in [0.717, 1.165) is 28.2 Å². The van der Waals surface area contributed by atoms with E-state index in [1.807, 2.05) is 59.3 Å². The van der Waals surface area contributed by atoms with E-state index < -0.39 is 0 Å². The fourth-order valence-corrected chi connectivity index (χ4v) is 3.21. The van der Waals surface area contributed by atoms with Gasteiger partial charge in [0.05, 0.1) is 23.0 Å². The second-order valence-electron chi connectivity index (χ2n) is 6.13. The van der Waals surface area contributed by atoms with Crippen LogP contribution in [0.3, 0.4) is 0 Å². The van der Waals surface area contributed by atoms with E-state index >= 15 is 0 Å². The number of nitrogens with zero attached hydrogens (tertiary/aromatic N) is 3. The third kappa shape index (κ3) is 3.77. The van der Waals surface area contributed by atoms with Gasteiger partial charge in [-0.15, -0.1) is 0 Å². The van der Waals surface area contributed by atoms with Gasteiger partial charge in [0.2, 0.25) is 0 Å². The van der Waals surface area contributed by atoms with Crippen LogP contribution in [-0.2, 0) is 11.3 Å². The van der Waals surface area contributed by atoms with Gasteiger partial charge in [0.15, 0.2) is 5.65 Å². The minimum atomic E-state index is 0.437. The Labute approximate surface area is 162 Å². The highest BCUT2D eigenvalue weighted by Gasteiger charge is 2.12. The first-order valence-electron chi connectivity index (χ1n) is 8.60. The summed E-state index contributed by atoms with van der Waals surface area (Å²) in [7, 11) is 1.65. The predicted molar refractivity (Wildman–Crippen MR) is 109 cm³/mol. The van der Waals surface area contributed by atoms with Crippen molar-refractivity contribution in [1.29, 1.82) is 0 Å². The molecule has 0 spiro atoms. The standard InChI is InChI=1S/C22H18ClN3O/c1-27-15-19-14-26-13-18(23)12-20(22(26)24-19)25-21(16-8-4-2-5-9-16)17-10-6-3-7-11-17/h2-14H,15H2,1H3. The zero-order valence-corrected chi connectivity index (χ0v) is 15.6. The van der Waals surface area contributed by atoms with E-state index in [1.165, 1.54) is 0 Å². The number of halogens is 1. The van der Waals surface area contributed by atoms with E-state index in [1.54, 1.807) is 7.11 Å². The molecule has 0 aliphatic heterocycles. The van der Waals surface area contributed by atoms with Crippen molar-refractivity contribution in [3.63, 3.8) is 0 Å². The van der Waals surface area contributed by atoms with Crippen LogP contribution in [-0.4, -0.2) is 22.2 Å². The molecule has 0 radical (unpaired) electrons. The second kappa shape index (κ2) is 7.74. The molecule has 0 aliphatic carbocycles. The molecule has 0 unspecified atom stereocenters. The molecular formula is C22H18ClN3O. The first-order chi connectivity index (χ1) is 13.2. The summed E-state index contributed by atoms with van der Waals surface area (Å²) in [6.07, 6.45) is 3.74. The fourth-order valence-electron chi connectivity index (χ4n) is 3.01. The lowest BCUT2D eigenvalue weighted by Gasteiger charge is -2.08. The van der Waals surface area contributed by atoms with Crippen LogP contribution in [0.4, 0.5) is 5.69 Å². The van der Waals surface area contributed by atoms with Crippen molar-refractivity contribution in [1.82, 2.24) is 9.38 Å². The zero-order valence-electron chi connectivity index (χ0n) is 14.8. The quantitative estimate of drug-likeness (QED) is 0.444. The number of ether oxygens (including phenoxy) is 1. The highest BCUT2D eigenvalue weighted by Crippen LogP contribution is 2.27. The summed E-state index contributed by atoms with van der Waals surface area (Å²) in [4.78, 5) is 9.63. The number of benzene rings is 2. The Hall–Kier alpha value is -2.95. The fraction of sp³-hybridized carbons (Fsp3) is 0.0909. The van der Waals surface area contributed by atoms with Crippen LogP contribution < -0.4 is 0 Å². The van der Waals surface area contributed by atoms with Crippen LogP contribution in [0.1, 0.15) is 16.8 Å². The van der Waals surface area contributed by atoms with Crippen LogP contribution in [0.15, 0.2) is 84.1 Å². The Bertz CT molecular complexity index is 1050. The lowest BCUT2D eigenvalue weighted by molar-refractivity contribution is 0.182. The monoisotopic (exact) mass is 375 g/mol. The van der Waals surface area contributed by atoms with Crippen molar-refractivity contribution >= 4 is 28.6 Å². The van der Waals surface area contributed by atoms with Gasteiger partial charge < -0.3 is 9.14 Å². The number of fused-ring (bicyclic) bond motifs is 1. The van der Waals surface area contributed by atoms with Crippen LogP contribution >= 0.6 is 11.6 Å². The molecule has 27 heavy (non-hydrogen) atoms. The van der Waals surface area contributed by atoms with Crippen molar-refractivity contribution in [3.8, 4) is 0 Å². The summed E-state index contributed by atoms with van der Waals surface area (Å²) in [5.41, 5.74) is 5.23. The van der Waals surface area contributed by atoms with Crippen LogP contribution in [0.25, 0.3) is 5.65 Å². The number of hydrogen-bond donors (Lipinski definition) is 0. The third-order valence-electron chi connectivity index (χ3n) is 4.17. The molecule has 4 nitrogen and oxygen atoms in total. The number of aromatic nitrogens is 2. The summed E-state index contributed by atoms with van der Waals surface area (Å²) >= 11 is 6.34. The Kier molecular flexibility index (Phi) is 5.01. The van der Waals surface area contributed by atoms with Gasteiger partial charge >= 0.3 is 0 Å². The van der Waals surface area contributed by atoms with Crippen LogP contribution in [0, 0.1) is 0 Å². The molecular weight excluding hydrogens is 358 g/mol. The number of hydrogen-bond acceptors (Lipinski definition) is 3. The summed E-state index contributed by atoms with van der Waals surface area (Å²) in [6, 6.07) is 22.1. The number of pyridine rings is 1. The van der Waals surface area contributed by atoms with Gasteiger partial charge in [-0.3, -0.25) is 0 Å². The van der Waals surface area contributed by atoms with E-state index in [4.69, 9.17) is 21.3 Å². The highest BCUT2D eigenvalue weighted by molar-refractivity contribution is 6.31. The molecule has 0 N–H and O–H groups in total. The first kappa shape index (κ1) is 17.5. The average molecular weight is 376 g/mol. The zero-order chi connectivity index (χ0) is 18.6. The summed E-state index contributed by atoms with van der Waals surface area (Å²) in [6.45, 7) is 0.437. The molecule has 2 heterocycles. The summed E-state index contributed by atoms with van der Waals surface area (Å²) < 4.78 is 7.09. The summed E-state index contributed by atoms with van der Waals surface area (Å²) in [5, 5.41) is 0.600. The van der Waals surface area contributed by atoms with Crippen molar-refractivity contribution < 1.29 is 4.74 Å². The molecule has 0 aliphatic rings. The number of aliphatic imine (C=N–C) groups is 1. The Morgan fingerprint density at radius 1 is 1.00 bits per heavy atom. The maximum Gasteiger partial charge on any atom is 0.163 e. The molecule has 2 aromatic heterocycles. The van der Waals surface area contributed by atoms with Gasteiger partial charge in [0.1, 0.15) is 5.69 Å². The van der Waals surface area contributed by atoms with Crippen molar-refractivity contribution in [2.24, 2.45) is 4.99 Å². The Morgan fingerprint density at radius 2 is 1.63 bits per heavy atom. The molecule has 5 heteroatoms. The molecule has 0 saturated heterocycles. The Balaban J connectivity index is 1.92. The number of methoxy groups -OCH3 is 1. The maximum absolute atomic E-state index is 6.34. The lowest BCUT2D eigenvalue weighted by atomic mass is 10.0. The van der Waals surface area contributed by atoms with E-state index in [9.17, 15) is 0 Å². The van der Waals surface area contributed by atoms with E-state index in [2.05, 4.69) is 29.2 Å². The minimum absolute atomic E-state index is 0.437. The Morgan fingerprint density at radius 3 is 2.22 bits per heavy atom. The molecule has 0 atom stereocenters. The third-order valence-corrected chi connectivity index (χ3v) is 4.37. The van der Waals surface area contributed by atoms with Crippen molar-refractivity contribution in [3.05, 3.63) is 101 Å².